The Morgan fingerprint density at radius 2 is 2.40 bits per heavy atom. The Balaban J connectivity index is 2.67. The summed E-state index contributed by atoms with van der Waals surface area (Å²) in [7, 11) is 0. The molecule has 0 spiro atoms. The Morgan fingerprint density at radius 1 is 1.70 bits per heavy atom. The zero-order chi connectivity index (χ0) is 7.56. The van der Waals surface area contributed by atoms with E-state index in [0.717, 1.165) is 9.21 Å². The molecule has 0 bridgehead atoms. The summed E-state index contributed by atoms with van der Waals surface area (Å²) in [5.74, 6) is 0.179. The van der Waals surface area contributed by atoms with Crippen molar-refractivity contribution in [3.8, 4) is 0 Å². The first-order valence-corrected chi connectivity index (χ1v) is 4.11. The average molecular weight is 175 g/mol. The van der Waals surface area contributed by atoms with Gasteiger partial charge in [-0.05, 0) is 19.1 Å². The van der Waals surface area contributed by atoms with Crippen LogP contribution in [0.25, 0.3) is 0 Å². The molecule has 1 aromatic rings. The minimum Gasteiger partial charge on any atom is -0.300 e. The maximum absolute atomic E-state index is 10.6. The molecule has 0 aliphatic carbocycles. The Labute approximate surface area is 68.6 Å². The van der Waals surface area contributed by atoms with E-state index in [4.69, 9.17) is 11.6 Å². The Morgan fingerprint density at radius 3 is 2.80 bits per heavy atom. The molecule has 0 aliphatic rings. The van der Waals surface area contributed by atoms with Crippen molar-refractivity contribution in [2.45, 2.75) is 13.3 Å². The molecule has 0 atom stereocenters. The number of rotatable bonds is 2. The minimum absolute atomic E-state index is 0.179. The lowest BCUT2D eigenvalue weighted by molar-refractivity contribution is -0.116. The highest BCUT2D eigenvalue weighted by Gasteiger charge is 1.99. The van der Waals surface area contributed by atoms with Crippen molar-refractivity contribution in [3.05, 3.63) is 21.3 Å². The van der Waals surface area contributed by atoms with Gasteiger partial charge in [-0.1, -0.05) is 11.6 Å². The summed E-state index contributed by atoms with van der Waals surface area (Å²) in [6.07, 6.45) is 0.511. The lowest BCUT2D eigenvalue weighted by Gasteiger charge is -1.86. The van der Waals surface area contributed by atoms with Crippen LogP contribution >= 0.6 is 22.9 Å². The number of hydrogen-bond donors (Lipinski definition) is 0. The lowest BCUT2D eigenvalue weighted by atomic mass is 10.3. The van der Waals surface area contributed by atoms with E-state index in [-0.39, 0.29) is 5.78 Å². The van der Waals surface area contributed by atoms with Crippen molar-refractivity contribution < 1.29 is 4.79 Å². The molecule has 0 saturated heterocycles. The molecule has 10 heavy (non-hydrogen) atoms. The van der Waals surface area contributed by atoms with Crippen LogP contribution in [0.1, 0.15) is 11.8 Å². The molecule has 0 aromatic carbocycles. The quantitative estimate of drug-likeness (QED) is 0.674. The molecule has 1 rings (SSSR count). The molecule has 3 heteroatoms. The standard InChI is InChI=1S/C7H7ClOS/c1-5(9)4-6-2-3-7(8)10-6/h2-3H,4H2,1H3. The van der Waals surface area contributed by atoms with Crippen molar-refractivity contribution in [2.24, 2.45) is 0 Å². The highest BCUT2D eigenvalue weighted by atomic mass is 35.5. The van der Waals surface area contributed by atoms with Crippen LogP contribution < -0.4 is 0 Å². The second-order valence-corrected chi connectivity index (χ2v) is 3.88. The smallest absolute Gasteiger partial charge is 0.135 e. The van der Waals surface area contributed by atoms with E-state index in [1.165, 1.54) is 11.3 Å². The van der Waals surface area contributed by atoms with Crippen LogP contribution in [0.2, 0.25) is 4.34 Å². The lowest BCUT2D eigenvalue weighted by Crippen LogP contribution is -1.92. The van der Waals surface area contributed by atoms with E-state index in [0.29, 0.717) is 6.42 Å². The molecule has 0 amide bonds. The molecule has 1 nitrogen and oxygen atoms in total. The van der Waals surface area contributed by atoms with Crippen LogP contribution in [0.15, 0.2) is 12.1 Å². The molecule has 0 aliphatic heterocycles. The van der Waals surface area contributed by atoms with Crippen molar-refractivity contribution in [3.63, 3.8) is 0 Å². The van der Waals surface area contributed by atoms with Crippen LogP contribution in [0, 0.1) is 0 Å². The SMILES string of the molecule is CC(=O)Cc1ccc(Cl)s1. The summed E-state index contributed by atoms with van der Waals surface area (Å²) < 4.78 is 0.747. The Hall–Kier alpha value is -0.340. The maximum atomic E-state index is 10.6. The zero-order valence-electron chi connectivity index (χ0n) is 5.56. The van der Waals surface area contributed by atoms with Gasteiger partial charge in [-0.15, -0.1) is 11.3 Å². The first kappa shape index (κ1) is 7.76. The van der Waals surface area contributed by atoms with Gasteiger partial charge in [0, 0.05) is 11.3 Å². The molecule has 0 radical (unpaired) electrons. The molecule has 54 valence electrons. The van der Waals surface area contributed by atoms with E-state index in [1.54, 1.807) is 6.92 Å². The highest BCUT2D eigenvalue weighted by Crippen LogP contribution is 2.21. The van der Waals surface area contributed by atoms with Crippen LogP contribution in [0.4, 0.5) is 0 Å². The fraction of sp³-hybridized carbons (Fsp3) is 0.286. The maximum Gasteiger partial charge on any atom is 0.135 e. The van der Waals surface area contributed by atoms with Crippen molar-refractivity contribution in [1.82, 2.24) is 0 Å². The molecular formula is C7H7ClOS. The van der Waals surface area contributed by atoms with Crippen molar-refractivity contribution >= 4 is 28.7 Å². The third kappa shape index (κ3) is 2.12. The number of halogens is 1. The summed E-state index contributed by atoms with van der Waals surface area (Å²) in [4.78, 5) is 11.6. The largest absolute Gasteiger partial charge is 0.300 e. The fourth-order valence-electron chi connectivity index (χ4n) is 0.692. The van der Waals surface area contributed by atoms with Gasteiger partial charge in [0.05, 0.1) is 4.34 Å². The highest BCUT2D eigenvalue weighted by molar-refractivity contribution is 7.16. The predicted octanol–water partition coefficient (Wildman–Crippen LogP) is 2.53. The van der Waals surface area contributed by atoms with Crippen molar-refractivity contribution in [2.75, 3.05) is 0 Å². The number of carbonyl (C=O) groups is 1. The third-order valence-electron chi connectivity index (χ3n) is 1.05. The summed E-state index contributed by atoms with van der Waals surface area (Å²) in [6.45, 7) is 1.58. The summed E-state index contributed by atoms with van der Waals surface area (Å²) >= 11 is 7.11. The molecule has 0 saturated carbocycles. The van der Waals surface area contributed by atoms with Crippen LogP contribution in [-0.4, -0.2) is 5.78 Å². The third-order valence-corrected chi connectivity index (χ3v) is 2.28. The van der Waals surface area contributed by atoms with E-state index in [2.05, 4.69) is 0 Å². The first-order valence-electron chi connectivity index (χ1n) is 2.92. The predicted molar refractivity (Wildman–Crippen MR) is 43.7 cm³/mol. The minimum atomic E-state index is 0.179. The van der Waals surface area contributed by atoms with Gasteiger partial charge < -0.3 is 0 Å². The van der Waals surface area contributed by atoms with Gasteiger partial charge in [0.25, 0.3) is 0 Å². The second kappa shape index (κ2) is 3.17. The normalized spacial score (nSPS) is 9.80. The van der Waals surface area contributed by atoms with Gasteiger partial charge in [-0.2, -0.15) is 0 Å². The van der Waals surface area contributed by atoms with E-state index < -0.39 is 0 Å². The zero-order valence-corrected chi connectivity index (χ0v) is 7.13. The molecule has 1 heterocycles. The van der Waals surface area contributed by atoms with Crippen LogP contribution in [0.3, 0.4) is 0 Å². The Kier molecular flexibility index (Phi) is 2.46. The average Bonchev–Trinajstić information content (AvgIpc) is 2.13. The number of ketones is 1. The van der Waals surface area contributed by atoms with E-state index in [1.807, 2.05) is 12.1 Å². The van der Waals surface area contributed by atoms with E-state index in [9.17, 15) is 4.79 Å². The number of carbonyl (C=O) groups excluding carboxylic acids is 1. The summed E-state index contributed by atoms with van der Waals surface area (Å²) in [5.41, 5.74) is 0. The fourth-order valence-corrected chi connectivity index (χ4v) is 1.85. The molecule has 0 fully saturated rings. The molecule has 1 aromatic heterocycles. The number of thiophene rings is 1. The van der Waals surface area contributed by atoms with Gasteiger partial charge in [-0.25, -0.2) is 0 Å². The number of Topliss-reactive ketones (excluding diaryl/α,β-unsaturated/α-hetero) is 1. The van der Waals surface area contributed by atoms with Gasteiger partial charge in [0.15, 0.2) is 0 Å². The summed E-state index contributed by atoms with van der Waals surface area (Å²) in [5, 5.41) is 0. The topological polar surface area (TPSA) is 17.1 Å². The van der Waals surface area contributed by atoms with Crippen molar-refractivity contribution in [1.29, 1.82) is 0 Å². The van der Waals surface area contributed by atoms with Gasteiger partial charge in [-0.3, -0.25) is 4.79 Å². The molecule has 0 N–H and O–H groups in total. The van der Waals surface area contributed by atoms with Gasteiger partial charge in [0.1, 0.15) is 5.78 Å². The van der Waals surface area contributed by atoms with Gasteiger partial charge in [0.2, 0.25) is 0 Å². The second-order valence-electron chi connectivity index (χ2n) is 2.08. The molecule has 0 unspecified atom stereocenters. The monoisotopic (exact) mass is 174 g/mol. The number of hydrogen-bond acceptors (Lipinski definition) is 2. The van der Waals surface area contributed by atoms with Gasteiger partial charge >= 0.3 is 0 Å². The molecular weight excluding hydrogens is 168 g/mol. The van der Waals surface area contributed by atoms with E-state index >= 15 is 0 Å². The van der Waals surface area contributed by atoms with Crippen LogP contribution in [0.5, 0.6) is 0 Å². The Bertz CT molecular complexity index is 242. The summed E-state index contributed by atoms with van der Waals surface area (Å²) in [6, 6.07) is 3.69. The van der Waals surface area contributed by atoms with Crippen LogP contribution in [-0.2, 0) is 11.2 Å². The first-order chi connectivity index (χ1) is 4.68.